The number of H-pyrrole nitrogens is 1. The summed E-state index contributed by atoms with van der Waals surface area (Å²) in [5.41, 5.74) is 8.09. The zero-order chi connectivity index (χ0) is 23.9. The number of rotatable bonds is 5. The van der Waals surface area contributed by atoms with Crippen LogP contribution in [0.4, 0.5) is 18.3 Å². The van der Waals surface area contributed by atoms with Gasteiger partial charge in [0.15, 0.2) is 5.13 Å². The van der Waals surface area contributed by atoms with E-state index in [1.54, 1.807) is 6.07 Å². The van der Waals surface area contributed by atoms with E-state index in [0.717, 1.165) is 45.4 Å². The predicted octanol–water partition coefficient (Wildman–Crippen LogP) is 5.86. The number of para-hydroxylation sites is 1. The average Bonchev–Trinajstić information content (AvgIpc) is 3.47. The van der Waals surface area contributed by atoms with Gasteiger partial charge in [0.2, 0.25) is 5.82 Å². The number of anilines is 1. The number of hydrogen-bond donors (Lipinski definition) is 3. The predicted molar refractivity (Wildman–Crippen MR) is 128 cm³/mol. The molecule has 0 bridgehead atoms. The Balaban J connectivity index is 1.69. The molecule has 0 fully saturated rings. The van der Waals surface area contributed by atoms with Crippen molar-refractivity contribution in [2.24, 2.45) is 5.14 Å². The molecule has 0 radical (unpaired) electrons. The van der Waals surface area contributed by atoms with Crippen molar-refractivity contribution in [3.05, 3.63) is 60.2 Å². The summed E-state index contributed by atoms with van der Waals surface area (Å²) in [6.45, 7) is 0. The van der Waals surface area contributed by atoms with E-state index in [1.165, 1.54) is 29.2 Å². The van der Waals surface area contributed by atoms with Crippen molar-refractivity contribution in [3.8, 4) is 22.5 Å². The van der Waals surface area contributed by atoms with E-state index in [2.05, 4.69) is 25.6 Å². The number of halogens is 3. The van der Waals surface area contributed by atoms with Crippen LogP contribution in [0.25, 0.3) is 32.7 Å². The first kappa shape index (κ1) is 22.7. The summed E-state index contributed by atoms with van der Waals surface area (Å²) in [5.74, 6) is 0.301. The third-order valence-electron chi connectivity index (χ3n) is 4.92. The van der Waals surface area contributed by atoms with Crippen molar-refractivity contribution < 1.29 is 13.2 Å². The van der Waals surface area contributed by atoms with Crippen LogP contribution in [0.1, 0.15) is 5.56 Å². The van der Waals surface area contributed by atoms with Gasteiger partial charge in [0.1, 0.15) is 0 Å². The second-order valence-corrected chi connectivity index (χ2v) is 9.82. The lowest BCUT2D eigenvalue weighted by molar-refractivity contribution is -0.137. The molecular weight excluding hydrogens is 503 g/mol. The fourth-order valence-corrected chi connectivity index (χ4v) is 5.97. The minimum absolute atomic E-state index is 0.301. The Kier molecular flexibility index (Phi) is 5.93. The number of tetrazole rings is 1. The molecule has 5 aromatic rings. The topological polar surface area (TPSA) is 119 Å². The van der Waals surface area contributed by atoms with Crippen molar-refractivity contribution in [1.82, 2.24) is 25.6 Å². The number of aromatic amines is 1. The second-order valence-electron chi connectivity index (χ2n) is 7.00. The molecule has 0 aliphatic carbocycles. The van der Waals surface area contributed by atoms with Crippen LogP contribution in [-0.4, -0.2) is 25.6 Å². The van der Waals surface area contributed by atoms with Gasteiger partial charge in [0, 0.05) is 25.8 Å². The number of aromatic nitrogens is 5. The van der Waals surface area contributed by atoms with E-state index in [0.29, 0.717) is 31.2 Å². The van der Waals surface area contributed by atoms with E-state index in [1.807, 2.05) is 30.3 Å². The van der Waals surface area contributed by atoms with Gasteiger partial charge < -0.3 is 5.73 Å². The number of fused-ring (bicyclic) bond motifs is 1. The molecule has 5 rings (SSSR count). The van der Waals surface area contributed by atoms with E-state index in [-0.39, 0.29) is 0 Å². The molecule has 0 aliphatic heterocycles. The fourth-order valence-electron chi connectivity index (χ4n) is 3.52. The molecule has 0 amide bonds. The van der Waals surface area contributed by atoms with Crippen molar-refractivity contribution in [1.29, 1.82) is 0 Å². The molecule has 3 aromatic carbocycles. The van der Waals surface area contributed by atoms with Crippen LogP contribution in [0.2, 0.25) is 0 Å². The lowest BCUT2D eigenvalue weighted by Crippen LogP contribution is -2.04. The van der Waals surface area contributed by atoms with E-state index < -0.39 is 11.7 Å². The Bertz CT molecular complexity index is 1480. The minimum Gasteiger partial charge on any atom is -0.375 e. The molecule has 172 valence electrons. The van der Waals surface area contributed by atoms with Gasteiger partial charge in [0.05, 0.1) is 15.8 Å². The number of hydrogen-bond acceptors (Lipinski definition) is 9. The van der Waals surface area contributed by atoms with Crippen molar-refractivity contribution >= 4 is 50.4 Å². The number of benzene rings is 3. The first-order valence-electron chi connectivity index (χ1n) is 9.63. The highest BCUT2D eigenvalue weighted by atomic mass is 32.2. The second kappa shape index (κ2) is 8.91. The van der Waals surface area contributed by atoms with Crippen LogP contribution >= 0.6 is 35.0 Å². The molecule has 7 nitrogen and oxygen atoms in total. The maximum atomic E-state index is 13.2. The molecule has 0 atom stereocenters. The van der Waals surface area contributed by atoms with Crippen LogP contribution in [0.15, 0.2) is 69.3 Å². The Hall–Kier alpha value is -3.13. The minimum atomic E-state index is -4.43. The number of alkyl halides is 3. The largest absolute Gasteiger partial charge is 0.416 e. The monoisotopic (exact) mass is 517 g/mol. The standard InChI is InChI=1S/C21H14F3N7S3/c22-21(23,24)10-3-1-4-11(9-10)32-15-8-7-12(16(18(15)34-26)19-28-30-31-29-19)13-5-2-6-14-17(13)27-20(25)33-14/h1-9H,26H2,(H2,25,27)(H,28,29,30,31). The first-order chi connectivity index (χ1) is 16.3. The Morgan fingerprint density at radius 2 is 1.82 bits per heavy atom. The number of nitrogens with one attached hydrogen (secondary N) is 1. The molecule has 0 aliphatic rings. The summed E-state index contributed by atoms with van der Waals surface area (Å²) in [4.78, 5) is 6.15. The van der Waals surface area contributed by atoms with Crippen molar-refractivity contribution in [3.63, 3.8) is 0 Å². The molecular formula is C21H14F3N7S3. The Labute approximate surface area is 203 Å². The summed E-state index contributed by atoms with van der Waals surface area (Å²) < 4.78 is 40.5. The zero-order valence-corrected chi connectivity index (χ0v) is 19.4. The summed E-state index contributed by atoms with van der Waals surface area (Å²) in [7, 11) is 0. The van der Waals surface area contributed by atoms with E-state index in [9.17, 15) is 13.2 Å². The molecule has 2 aromatic heterocycles. The van der Waals surface area contributed by atoms with Gasteiger partial charge in [-0.3, -0.25) is 5.14 Å². The van der Waals surface area contributed by atoms with E-state index >= 15 is 0 Å². The fraction of sp³-hybridized carbons (Fsp3) is 0.0476. The van der Waals surface area contributed by atoms with Crippen LogP contribution < -0.4 is 10.9 Å². The lowest BCUT2D eigenvalue weighted by atomic mass is 9.98. The molecule has 0 saturated carbocycles. The third kappa shape index (κ3) is 4.22. The maximum Gasteiger partial charge on any atom is 0.416 e. The average molecular weight is 518 g/mol. The number of thiazole rings is 1. The van der Waals surface area contributed by atoms with Crippen LogP contribution in [0.5, 0.6) is 0 Å². The van der Waals surface area contributed by atoms with Crippen LogP contribution in [0.3, 0.4) is 0 Å². The highest BCUT2D eigenvalue weighted by Gasteiger charge is 2.30. The van der Waals surface area contributed by atoms with Gasteiger partial charge in [-0.25, -0.2) is 4.98 Å². The molecule has 13 heteroatoms. The SMILES string of the molecule is NSc1c(Sc2cccc(C(F)(F)F)c2)ccc(-c2cccc3sc(N)nc23)c1-c1nn[nH]n1. The highest BCUT2D eigenvalue weighted by Crippen LogP contribution is 2.46. The number of nitrogens with zero attached hydrogens (tertiary/aromatic N) is 4. The maximum absolute atomic E-state index is 13.2. The van der Waals surface area contributed by atoms with Crippen LogP contribution in [0, 0.1) is 0 Å². The summed E-state index contributed by atoms with van der Waals surface area (Å²) in [6, 6.07) is 14.5. The molecule has 5 N–H and O–H groups in total. The Morgan fingerprint density at radius 1 is 1.00 bits per heavy atom. The normalized spacial score (nSPS) is 11.9. The molecule has 0 saturated heterocycles. The molecule has 2 heterocycles. The quantitative estimate of drug-likeness (QED) is 0.248. The van der Waals surface area contributed by atoms with Gasteiger partial charge in [-0.05, 0) is 53.1 Å². The number of nitrogens with two attached hydrogens (primary N) is 2. The van der Waals surface area contributed by atoms with Gasteiger partial charge in [0.25, 0.3) is 0 Å². The molecule has 34 heavy (non-hydrogen) atoms. The number of nitrogen functional groups attached to an aromatic ring is 1. The smallest absolute Gasteiger partial charge is 0.375 e. The van der Waals surface area contributed by atoms with Crippen LogP contribution in [-0.2, 0) is 6.18 Å². The van der Waals surface area contributed by atoms with Gasteiger partial charge in [-0.1, -0.05) is 47.4 Å². The molecule has 0 unspecified atom stereocenters. The zero-order valence-electron chi connectivity index (χ0n) is 17.0. The van der Waals surface area contributed by atoms with Gasteiger partial charge in [-0.2, -0.15) is 18.4 Å². The van der Waals surface area contributed by atoms with Gasteiger partial charge in [-0.15, -0.1) is 10.2 Å². The molecule has 0 spiro atoms. The summed E-state index contributed by atoms with van der Waals surface area (Å²) >= 11 is 3.51. The summed E-state index contributed by atoms with van der Waals surface area (Å²) in [6.07, 6.45) is -4.43. The first-order valence-corrected chi connectivity index (χ1v) is 12.1. The highest BCUT2D eigenvalue weighted by molar-refractivity contribution is 8.01. The lowest BCUT2D eigenvalue weighted by Gasteiger charge is -2.16. The Morgan fingerprint density at radius 3 is 2.56 bits per heavy atom. The van der Waals surface area contributed by atoms with E-state index in [4.69, 9.17) is 10.9 Å². The van der Waals surface area contributed by atoms with Crippen molar-refractivity contribution in [2.45, 2.75) is 20.9 Å². The third-order valence-corrected chi connectivity index (χ3v) is 7.61. The van der Waals surface area contributed by atoms with Crippen molar-refractivity contribution in [2.75, 3.05) is 5.73 Å². The van der Waals surface area contributed by atoms with Gasteiger partial charge >= 0.3 is 6.18 Å². The summed E-state index contributed by atoms with van der Waals surface area (Å²) in [5, 5.41) is 20.9.